The van der Waals surface area contributed by atoms with Crippen molar-refractivity contribution in [2.45, 2.75) is 13.1 Å². The molecule has 88 valence electrons. The highest BCUT2D eigenvalue weighted by atomic mass is 19.1. The van der Waals surface area contributed by atoms with Crippen LogP contribution in [-0.2, 0) is 13.1 Å². The van der Waals surface area contributed by atoms with E-state index in [0.29, 0.717) is 24.9 Å². The smallest absolute Gasteiger partial charge is 0.322 e. The van der Waals surface area contributed by atoms with Crippen LogP contribution in [0.2, 0.25) is 0 Å². The third kappa shape index (κ3) is 1.78. The van der Waals surface area contributed by atoms with Crippen molar-refractivity contribution in [3.63, 3.8) is 0 Å². The Balaban J connectivity index is 1.91. The predicted molar refractivity (Wildman–Crippen MR) is 64.6 cm³/mol. The molecule has 0 spiro atoms. The largest absolute Gasteiger partial charge is 0.360 e. The van der Waals surface area contributed by atoms with E-state index in [9.17, 15) is 4.39 Å². The topological polar surface area (TPSA) is 33.4 Å². The summed E-state index contributed by atoms with van der Waals surface area (Å²) >= 11 is 0. The van der Waals surface area contributed by atoms with Crippen molar-refractivity contribution in [3.05, 3.63) is 58.8 Å². The van der Waals surface area contributed by atoms with Gasteiger partial charge in [0.15, 0.2) is 0 Å². The lowest BCUT2D eigenvalue weighted by molar-refractivity contribution is 0.626. The fourth-order valence-corrected chi connectivity index (χ4v) is 2.06. The molecule has 0 bridgehead atoms. The molecule has 3 rings (SSSR count). The lowest BCUT2D eigenvalue weighted by Crippen LogP contribution is -2.17. The van der Waals surface area contributed by atoms with E-state index in [0.717, 1.165) is 11.1 Å². The Morgan fingerprint density at radius 2 is 2.06 bits per heavy atom. The molecule has 18 heavy (non-hydrogen) atoms. The summed E-state index contributed by atoms with van der Waals surface area (Å²) in [6.45, 7) is 8.16. The summed E-state index contributed by atoms with van der Waals surface area (Å²) in [6, 6.07) is 6.34. The third-order valence-corrected chi connectivity index (χ3v) is 2.92. The van der Waals surface area contributed by atoms with E-state index in [-0.39, 0.29) is 5.82 Å². The van der Waals surface area contributed by atoms with E-state index in [4.69, 9.17) is 6.57 Å². The van der Waals surface area contributed by atoms with Crippen molar-refractivity contribution < 1.29 is 4.39 Å². The Labute approximate surface area is 104 Å². The molecular formula is C13H9FN4. The van der Waals surface area contributed by atoms with Crippen LogP contribution < -0.4 is 4.90 Å². The summed E-state index contributed by atoms with van der Waals surface area (Å²) in [6.07, 6.45) is 1.57. The number of fused-ring (bicyclic) bond motifs is 1. The lowest BCUT2D eigenvalue weighted by atomic mass is 10.1. The van der Waals surface area contributed by atoms with Gasteiger partial charge in [0.05, 0.1) is 0 Å². The average Bonchev–Trinajstić information content (AvgIpc) is 2.81. The molecule has 4 nitrogen and oxygen atoms in total. The molecular weight excluding hydrogens is 231 g/mol. The number of benzene rings is 1. The van der Waals surface area contributed by atoms with Gasteiger partial charge in [-0.2, -0.15) is 0 Å². The minimum Gasteiger partial charge on any atom is -0.360 e. The molecule has 0 radical (unpaired) electrons. The molecule has 0 amide bonds. The van der Waals surface area contributed by atoms with Crippen LogP contribution in [0.1, 0.15) is 11.1 Å². The van der Waals surface area contributed by atoms with Gasteiger partial charge in [-0.15, -0.1) is 0 Å². The summed E-state index contributed by atoms with van der Waals surface area (Å²) in [5.74, 6) is 0.605. The first kappa shape index (κ1) is 10.7. The van der Waals surface area contributed by atoms with Gasteiger partial charge in [0, 0.05) is 19.3 Å². The number of anilines is 1. The van der Waals surface area contributed by atoms with Crippen LogP contribution in [0.5, 0.6) is 0 Å². The molecule has 0 unspecified atom stereocenters. The fraction of sp³-hybridized carbons (Fsp3) is 0.154. The maximum atomic E-state index is 13.1. The number of aromatic nitrogens is 2. The molecule has 0 saturated carbocycles. The van der Waals surface area contributed by atoms with Gasteiger partial charge in [0.2, 0.25) is 0 Å². The molecule has 2 aromatic rings. The molecule has 0 fully saturated rings. The molecule has 0 aliphatic carbocycles. The van der Waals surface area contributed by atoms with Crippen molar-refractivity contribution in [2.24, 2.45) is 0 Å². The van der Waals surface area contributed by atoms with Crippen molar-refractivity contribution in [1.29, 1.82) is 0 Å². The van der Waals surface area contributed by atoms with E-state index in [2.05, 4.69) is 14.8 Å². The van der Waals surface area contributed by atoms with Gasteiger partial charge in [-0.1, -0.05) is 17.6 Å². The maximum Gasteiger partial charge on any atom is 0.322 e. The predicted octanol–water partition coefficient (Wildman–Crippen LogP) is 2.69. The minimum atomic E-state index is -0.230. The monoisotopic (exact) mass is 240 g/mol. The van der Waals surface area contributed by atoms with Crippen molar-refractivity contribution >= 4 is 11.8 Å². The second-order valence-corrected chi connectivity index (χ2v) is 4.10. The number of hydrogen-bond donors (Lipinski definition) is 0. The Morgan fingerprint density at radius 1 is 1.22 bits per heavy atom. The normalized spacial score (nSPS) is 13.2. The van der Waals surface area contributed by atoms with Gasteiger partial charge < -0.3 is 9.74 Å². The van der Waals surface area contributed by atoms with Crippen LogP contribution in [0.3, 0.4) is 0 Å². The molecule has 1 aliphatic rings. The highest BCUT2D eigenvalue weighted by Gasteiger charge is 2.23. The second kappa shape index (κ2) is 4.08. The number of rotatable bonds is 1. The van der Waals surface area contributed by atoms with E-state index in [1.807, 2.05) is 4.90 Å². The first-order chi connectivity index (χ1) is 8.76. The second-order valence-electron chi connectivity index (χ2n) is 4.10. The van der Waals surface area contributed by atoms with E-state index < -0.39 is 0 Å². The van der Waals surface area contributed by atoms with E-state index in [1.165, 1.54) is 12.1 Å². The van der Waals surface area contributed by atoms with Crippen molar-refractivity contribution in [2.75, 3.05) is 4.90 Å². The summed E-state index contributed by atoms with van der Waals surface area (Å²) in [5, 5.41) is 0. The summed E-state index contributed by atoms with van der Waals surface area (Å²) in [5.41, 5.74) is 2.03. The van der Waals surface area contributed by atoms with Crippen LogP contribution in [0, 0.1) is 12.4 Å². The van der Waals surface area contributed by atoms with Crippen LogP contribution >= 0.6 is 0 Å². The van der Waals surface area contributed by atoms with Gasteiger partial charge in [-0.05, 0) is 29.3 Å². The van der Waals surface area contributed by atoms with Crippen LogP contribution in [0.15, 0.2) is 30.5 Å². The number of hydrogen-bond acceptors (Lipinski definition) is 3. The third-order valence-electron chi connectivity index (χ3n) is 2.92. The molecule has 5 heteroatoms. The molecule has 0 saturated heterocycles. The SMILES string of the molecule is [C-]#[N+]c1ccnc(N2Cc3ccc(F)cc3C2)n1. The lowest BCUT2D eigenvalue weighted by Gasteiger charge is -2.11. The Hall–Kier alpha value is -2.48. The highest BCUT2D eigenvalue weighted by Crippen LogP contribution is 2.27. The fourth-order valence-electron chi connectivity index (χ4n) is 2.06. The molecule has 0 N–H and O–H groups in total. The van der Waals surface area contributed by atoms with Gasteiger partial charge in [-0.25, -0.2) is 9.37 Å². The summed E-state index contributed by atoms with van der Waals surface area (Å²) < 4.78 is 13.1. The Kier molecular flexibility index (Phi) is 2.41. The number of nitrogens with zero attached hydrogens (tertiary/aromatic N) is 4. The minimum absolute atomic E-state index is 0.230. The van der Waals surface area contributed by atoms with Crippen LogP contribution in [0.4, 0.5) is 16.2 Å². The van der Waals surface area contributed by atoms with Gasteiger partial charge in [0.1, 0.15) is 5.82 Å². The highest BCUT2D eigenvalue weighted by molar-refractivity contribution is 5.47. The van der Waals surface area contributed by atoms with E-state index in [1.54, 1.807) is 18.3 Å². The summed E-state index contributed by atoms with van der Waals surface area (Å²) in [4.78, 5) is 13.5. The van der Waals surface area contributed by atoms with Crippen LogP contribution in [-0.4, -0.2) is 9.97 Å². The van der Waals surface area contributed by atoms with Gasteiger partial charge >= 0.3 is 5.95 Å². The first-order valence-electron chi connectivity index (χ1n) is 5.49. The van der Waals surface area contributed by atoms with Crippen molar-refractivity contribution in [1.82, 2.24) is 9.97 Å². The van der Waals surface area contributed by atoms with E-state index >= 15 is 0 Å². The van der Waals surface area contributed by atoms with Gasteiger partial charge in [0.25, 0.3) is 5.82 Å². The first-order valence-corrected chi connectivity index (χ1v) is 5.49. The number of halogens is 1. The molecule has 2 heterocycles. The molecule has 1 aromatic carbocycles. The zero-order valence-corrected chi connectivity index (χ0v) is 9.47. The Bertz CT molecular complexity index is 648. The Morgan fingerprint density at radius 3 is 2.89 bits per heavy atom. The molecule has 0 atom stereocenters. The standard InChI is InChI=1S/C13H9FN4/c1-15-12-4-5-16-13(17-12)18-7-9-2-3-11(14)6-10(9)8-18/h2-6H,7-8H2. The van der Waals surface area contributed by atoms with Crippen molar-refractivity contribution in [3.8, 4) is 0 Å². The van der Waals surface area contributed by atoms with Crippen LogP contribution in [0.25, 0.3) is 4.85 Å². The zero-order chi connectivity index (χ0) is 12.5. The zero-order valence-electron chi connectivity index (χ0n) is 9.47. The molecule has 1 aliphatic heterocycles. The molecule has 1 aromatic heterocycles. The maximum absolute atomic E-state index is 13.1. The average molecular weight is 240 g/mol. The van der Waals surface area contributed by atoms with Gasteiger partial charge in [-0.3, -0.25) is 0 Å². The summed E-state index contributed by atoms with van der Waals surface area (Å²) in [7, 11) is 0. The quantitative estimate of drug-likeness (QED) is 0.718.